The number of hydrogen-bond acceptors (Lipinski definition) is 6. The van der Waals surface area contributed by atoms with Gasteiger partial charge in [0.1, 0.15) is 5.57 Å². The van der Waals surface area contributed by atoms with Crippen LogP contribution in [0, 0.1) is 0 Å². The van der Waals surface area contributed by atoms with Crippen LogP contribution in [-0.2, 0) is 14.4 Å². The molecule has 0 atom stereocenters. The van der Waals surface area contributed by atoms with Crippen molar-refractivity contribution in [3.8, 4) is 11.5 Å². The number of methoxy groups -OCH3 is 1. The van der Waals surface area contributed by atoms with Gasteiger partial charge in [0.25, 0.3) is 17.7 Å². The summed E-state index contributed by atoms with van der Waals surface area (Å²) in [5.41, 5.74) is 5.50. The molecule has 3 N–H and O–H groups in total. The van der Waals surface area contributed by atoms with Crippen LogP contribution in [0.1, 0.15) is 5.56 Å². The second-order valence-corrected chi connectivity index (χ2v) is 6.54. The van der Waals surface area contributed by atoms with E-state index in [4.69, 9.17) is 26.8 Å². The summed E-state index contributed by atoms with van der Waals surface area (Å²) in [6, 6.07) is 9.71. The molecule has 1 fully saturated rings. The minimum Gasteiger partial charge on any atom is -0.493 e. The van der Waals surface area contributed by atoms with Crippen molar-refractivity contribution in [3.63, 3.8) is 0 Å². The SMILES string of the molecule is COc1cc(/C=C2/C(=O)NC(=O)N(c3ccc(Cl)cc3)C2=O)ccc1OCC(N)=O. The molecule has 10 heteroatoms. The lowest BCUT2D eigenvalue weighted by atomic mass is 10.1. The number of benzene rings is 2. The topological polar surface area (TPSA) is 128 Å². The molecule has 0 aromatic heterocycles. The first-order chi connectivity index (χ1) is 14.3. The Bertz CT molecular complexity index is 1060. The molecule has 1 saturated heterocycles. The van der Waals surface area contributed by atoms with E-state index in [1.807, 2.05) is 0 Å². The van der Waals surface area contributed by atoms with Crippen LogP contribution in [0.15, 0.2) is 48.0 Å². The number of primary amides is 1. The molecule has 1 aliphatic rings. The quantitative estimate of drug-likeness (QED) is 0.533. The zero-order chi connectivity index (χ0) is 21.8. The molecule has 0 unspecified atom stereocenters. The number of anilines is 1. The van der Waals surface area contributed by atoms with E-state index in [9.17, 15) is 19.2 Å². The molecule has 1 aliphatic heterocycles. The molecule has 0 saturated carbocycles. The highest BCUT2D eigenvalue weighted by Gasteiger charge is 2.36. The molecule has 0 aliphatic carbocycles. The first-order valence-corrected chi connectivity index (χ1v) is 8.94. The number of amides is 5. The molecule has 3 rings (SSSR count). The Balaban J connectivity index is 1.94. The van der Waals surface area contributed by atoms with E-state index >= 15 is 0 Å². The van der Waals surface area contributed by atoms with Crippen molar-refractivity contribution in [2.45, 2.75) is 0 Å². The summed E-state index contributed by atoms with van der Waals surface area (Å²) in [5, 5.41) is 2.57. The number of nitrogens with zero attached hydrogens (tertiary/aromatic N) is 1. The van der Waals surface area contributed by atoms with Crippen LogP contribution in [0.3, 0.4) is 0 Å². The summed E-state index contributed by atoms with van der Waals surface area (Å²) < 4.78 is 10.5. The van der Waals surface area contributed by atoms with Gasteiger partial charge in [-0.05, 0) is 48.0 Å². The number of urea groups is 1. The van der Waals surface area contributed by atoms with Gasteiger partial charge in [-0.1, -0.05) is 17.7 Å². The van der Waals surface area contributed by atoms with Crippen LogP contribution in [0.25, 0.3) is 6.08 Å². The van der Waals surface area contributed by atoms with E-state index in [2.05, 4.69) is 5.32 Å². The Morgan fingerprint density at radius 2 is 1.83 bits per heavy atom. The van der Waals surface area contributed by atoms with E-state index in [1.165, 1.54) is 49.6 Å². The average Bonchev–Trinajstić information content (AvgIpc) is 2.71. The second kappa shape index (κ2) is 8.66. The molecule has 0 spiro atoms. The van der Waals surface area contributed by atoms with Gasteiger partial charge in [-0.2, -0.15) is 0 Å². The second-order valence-electron chi connectivity index (χ2n) is 6.10. The van der Waals surface area contributed by atoms with Crippen molar-refractivity contribution in [1.82, 2.24) is 5.32 Å². The number of hydrogen-bond donors (Lipinski definition) is 2. The number of barbiturate groups is 1. The fourth-order valence-corrected chi connectivity index (χ4v) is 2.82. The third-order valence-corrected chi connectivity index (χ3v) is 4.31. The first kappa shape index (κ1) is 20.9. The van der Waals surface area contributed by atoms with Crippen molar-refractivity contribution >= 4 is 47.1 Å². The lowest BCUT2D eigenvalue weighted by Crippen LogP contribution is -2.54. The van der Waals surface area contributed by atoms with E-state index < -0.39 is 23.8 Å². The van der Waals surface area contributed by atoms with Crippen LogP contribution in [0.5, 0.6) is 11.5 Å². The molecule has 5 amide bonds. The number of imide groups is 2. The van der Waals surface area contributed by atoms with Crippen molar-refractivity contribution < 1.29 is 28.7 Å². The van der Waals surface area contributed by atoms with Gasteiger partial charge in [0, 0.05) is 5.02 Å². The lowest BCUT2D eigenvalue weighted by Gasteiger charge is -2.26. The van der Waals surface area contributed by atoms with Crippen LogP contribution >= 0.6 is 11.6 Å². The van der Waals surface area contributed by atoms with E-state index in [0.29, 0.717) is 10.6 Å². The van der Waals surface area contributed by atoms with Crippen molar-refractivity contribution in [1.29, 1.82) is 0 Å². The van der Waals surface area contributed by atoms with Crippen LogP contribution in [0.4, 0.5) is 10.5 Å². The van der Waals surface area contributed by atoms with Crippen molar-refractivity contribution in [3.05, 3.63) is 58.6 Å². The summed E-state index contributed by atoms with van der Waals surface area (Å²) in [7, 11) is 1.39. The van der Waals surface area contributed by atoms with Gasteiger partial charge < -0.3 is 15.2 Å². The molecule has 9 nitrogen and oxygen atoms in total. The monoisotopic (exact) mass is 429 g/mol. The molecule has 2 aromatic carbocycles. The lowest BCUT2D eigenvalue weighted by molar-refractivity contribution is -0.123. The van der Waals surface area contributed by atoms with Gasteiger partial charge in [0.15, 0.2) is 18.1 Å². The number of rotatable bonds is 6. The average molecular weight is 430 g/mol. The number of carbonyl (C=O) groups is 4. The zero-order valence-electron chi connectivity index (χ0n) is 15.7. The molecule has 2 aromatic rings. The fraction of sp³-hybridized carbons (Fsp3) is 0.100. The van der Waals surface area contributed by atoms with E-state index in [1.54, 1.807) is 6.07 Å². The normalized spacial score (nSPS) is 15.2. The number of carbonyl (C=O) groups excluding carboxylic acids is 4. The summed E-state index contributed by atoms with van der Waals surface area (Å²) in [6.07, 6.45) is 1.31. The predicted molar refractivity (Wildman–Crippen MR) is 108 cm³/mol. The highest BCUT2D eigenvalue weighted by molar-refractivity contribution is 6.39. The smallest absolute Gasteiger partial charge is 0.335 e. The van der Waals surface area contributed by atoms with Crippen molar-refractivity contribution in [2.75, 3.05) is 18.6 Å². The summed E-state index contributed by atoms with van der Waals surface area (Å²) in [4.78, 5) is 49.1. The zero-order valence-corrected chi connectivity index (χ0v) is 16.4. The number of halogens is 1. The minimum atomic E-state index is -0.864. The Kier molecular flexibility index (Phi) is 6.03. The Morgan fingerprint density at radius 1 is 1.13 bits per heavy atom. The molecular formula is C20H16ClN3O6. The molecule has 0 bridgehead atoms. The molecule has 30 heavy (non-hydrogen) atoms. The van der Waals surface area contributed by atoms with E-state index in [0.717, 1.165) is 4.90 Å². The Labute approximate surface area is 176 Å². The molecule has 1 heterocycles. The molecular weight excluding hydrogens is 414 g/mol. The van der Waals surface area contributed by atoms with Gasteiger partial charge in [-0.15, -0.1) is 0 Å². The number of ether oxygens (including phenoxy) is 2. The van der Waals surface area contributed by atoms with Gasteiger partial charge >= 0.3 is 6.03 Å². The van der Waals surface area contributed by atoms with Crippen LogP contribution < -0.4 is 25.4 Å². The van der Waals surface area contributed by atoms with E-state index in [-0.39, 0.29) is 29.4 Å². The standard InChI is InChI=1S/C20H16ClN3O6/c1-29-16-9-11(2-7-15(16)30-10-17(22)25)8-14-18(26)23-20(28)24(19(14)27)13-5-3-12(21)4-6-13/h2-9H,10H2,1H3,(H2,22,25)(H,23,26,28)/b14-8-. The summed E-state index contributed by atoms with van der Waals surface area (Å²) in [5.74, 6) is -1.75. The molecule has 154 valence electrons. The molecule has 0 radical (unpaired) electrons. The largest absolute Gasteiger partial charge is 0.493 e. The van der Waals surface area contributed by atoms with Gasteiger partial charge in [0.05, 0.1) is 12.8 Å². The highest BCUT2D eigenvalue weighted by Crippen LogP contribution is 2.30. The number of nitrogens with one attached hydrogen (secondary N) is 1. The minimum absolute atomic E-state index is 0.252. The Hall–Kier alpha value is -3.85. The van der Waals surface area contributed by atoms with Crippen LogP contribution in [-0.4, -0.2) is 37.5 Å². The predicted octanol–water partition coefficient (Wildman–Crippen LogP) is 1.88. The summed E-state index contributed by atoms with van der Waals surface area (Å²) in [6.45, 7) is -0.337. The third kappa shape index (κ3) is 4.41. The Morgan fingerprint density at radius 3 is 2.47 bits per heavy atom. The van der Waals surface area contributed by atoms with Gasteiger partial charge in [0.2, 0.25) is 0 Å². The maximum Gasteiger partial charge on any atom is 0.335 e. The number of nitrogens with two attached hydrogens (primary N) is 1. The van der Waals surface area contributed by atoms with Crippen molar-refractivity contribution in [2.24, 2.45) is 5.73 Å². The maximum atomic E-state index is 12.9. The summed E-state index contributed by atoms with van der Waals surface area (Å²) >= 11 is 5.85. The third-order valence-electron chi connectivity index (χ3n) is 4.06. The first-order valence-electron chi connectivity index (χ1n) is 8.56. The van der Waals surface area contributed by atoms with Crippen LogP contribution in [0.2, 0.25) is 5.02 Å². The van der Waals surface area contributed by atoms with Gasteiger partial charge in [-0.25, -0.2) is 9.69 Å². The fourth-order valence-electron chi connectivity index (χ4n) is 2.69. The maximum absolute atomic E-state index is 12.9. The van der Waals surface area contributed by atoms with Gasteiger partial charge in [-0.3, -0.25) is 19.7 Å². The highest BCUT2D eigenvalue weighted by atomic mass is 35.5.